The predicted molar refractivity (Wildman–Crippen MR) is 73.3 cm³/mol. The molecule has 3 aromatic heterocycles. The Kier molecular flexibility index (Phi) is 1.96. The van der Waals surface area contributed by atoms with Crippen molar-refractivity contribution in [3.63, 3.8) is 0 Å². The standard InChI is InChI=1S/C15H14N4O/c1-2-14(20-5-1)12-7-15-16-8-10-11-4-3-9(17-11)6-13(10)19(15)18-12/h1-2,5,7-9,11,17H,3-4,6H2/t9-,11-/m1/s1. The lowest BCUT2D eigenvalue weighted by atomic mass is 10.0. The van der Waals surface area contributed by atoms with E-state index in [0.29, 0.717) is 12.1 Å². The Labute approximate surface area is 115 Å². The first-order valence-corrected chi connectivity index (χ1v) is 7.06. The van der Waals surface area contributed by atoms with Gasteiger partial charge in [-0.15, -0.1) is 0 Å². The molecular weight excluding hydrogens is 252 g/mol. The Morgan fingerprint density at radius 3 is 3.25 bits per heavy atom. The molecular formula is C15H14N4O. The van der Waals surface area contributed by atoms with Gasteiger partial charge in [-0.3, -0.25) is 0 Å². The van der Waals surface area contributed by atoms with E-state index in [4.69, 9.17) is 9.52 Å². The maximum absolute atomic E-state index is 5.43. The summed E-state index contributed by atoms with van der Waals surface area (Å²) in [6.07, 6.45) is 7.16. The fraction of sp³-hybridized carbons (Fsp3) is 0.333. The van der Waals surface area contributed by atoms with Gasteiger partial charge in [0.05, 0.1) is 12.0 Å². The normalized spacial score (nSPS) is 24.2. The van der Waals surface area contributed by atoms with E-state index in [2.05, 4.69) is 10.3 Å². The Morgan fingerprint density at radius 2 is 2.35 bits per heavy atom. The molecule has 1 N–H and O–H groups in total. The molecule has 0 amide bonds. The predicted octanol–water partition coefficient (Wildman–Crippen LogP) is 2.34. The van der Waals surface area contributed by atoms with Crippen LogP contribution in [-0.4, -0.2) is 20.6 Å². The summed E-state index contributed by atoms with van der Waals surface area (Å²) in [5.74, 6) is 0.793. The van der Waals surface area contributed by atoms with Crippen molar-refractivity contribution in [2.24, 2.45) is 0 Å². The van der Waals surface area contributed by atoms with Crippen molar-refractivity contribution >= 4 is 5.65 Å². The lowest BCUT2D eigenvalue weighted by Gasteiger charge is -2.24. The minimum atomic E-state index is 0.455. The van der Waals surface area contributed by atoms with Crippen LogP contribution in [0.5, 0.6) is 0 Å². The van der Waals surface area contributed by atoms with Gasteiger partial charge in [0.1, 0.15) is 5.69 Å². The molecule has 0 radical (unpaired) electrons. The van der Waals surface area contributed by atoms with Gasteiger partial charge >= 0.3 is 0 Å². The topological polar surface area (TPSA) is 55.4 Å². The van der Waals surface area contributed by atoms with E-state index >= 15 is 0 Å². The van der Waals surface area contributed by atoms with Crippen LogP contribution in [0.15, 0.2) is 35.1 Å². The number of hydrogen-bond donors (Lipinski definition) is 1. The summed E-state index contributed by atoms with van der Waals surface area (Å²) in [5, 5.41) is 8.34. The molecule has 0 aliphatic carbocycles. The number of fused-ring (bicyclic) bond motifs is 6. The number of rotatable bonds is 1. The van der Waals surface area contributed by atoms with Crippen molar-refractivity contribution in [2.75, 3.05) is 0 Å². The third-order valence-electron chi connectivity index (χ3n) is 4.44. The molecule has 0 unspecified atom stereocenters. The number of furan rings is 1. The highest BCUT2D eigenvalue weighted by Crippen LogP contribution is 2.35. The van der Waals surface area contributed by atoms with Gasteiger partial charge < -0.3 is 9.73 Å². The van der Waals surface area contributed by atoms with E-state index in [9.17, 15) is 0 Å². The minimum absolute atomic E-state index is 0.455. The molecule has 3 aromatic rings. The van der Waals surface area contributed by atoms with E-state index in [1.807, 2.05) is 28.9 Å². The fourth-order valence-corrected chi connectivity index (χ4v) is 3.49. The fourth-order valence-electron chi connectivity index (χ4n) is 3.49. The first-order valence-electron chi connectivity index (χ1n) is 7.06. The zero-order valence-corrected chi connectivity index (χ0v) is 10.9. The lowest BCUT2D eigenvalue weighted by molar-refractivity contribution is 0.496. The quantitative estimate of drug-likeness (QED) is 0.734. The molecule has 2 atom stereocenters. The Bertz CT molecular complexity index is 790. The maximum atomic E-state index is 5.43. The van der Waals surface area contributed by atoms with Crippen molar-refractivity contribution in [2.45, 2.75) is 31.3 Å². The van der Waals surface area contributed by atoms with Crippen LogP contribution < -0.4 is 5.32 Å². The maximum Gasteiger partial charge on any atom is 0.155 e. The van der Waals surface area contributed by atoms with Gasteiger partial charge in [-0.1, -0.05) is 0 Å². The van der Waals surface area contributed by atoms with Gasteiger partial charge in [0.15, 0.2) is 11.4 Å². The molecule has 1 saturated heterocycles. The van der Waals surface area contributed by atoms with Crippen LogP contribution in [0.25, 0.3) is 17.1 Å². The van der Waals surface area contributed by atoms with Crippen molar-refractivity contribution in [1.82, 2.24) is 19.9 Å². The highest BCUT2D eigenvalue weighted by molar-refractivity contribution is 5.59. The van der Waals surface area contributed by atoms with E-state index < -0.39 is 0 Å². The van der Waals surface area contributed by atoms with Crippen LogP contribution in [0.4, 0.5) is 0 Å². The Balaban J connectivity index is 1.74. The molecule has 2 aliphatic heterocycles. The minimum Gasteiger partial charge on any atom is -0.463 e. The largest absolute Gasteiger partial charge is 0.463 e. The van der Waals surface area contributed by atoms with Crippen LogP contribution >= 0.6 is 0 Å². The smallest absolute Gasteiger partial charge is 0.155 e. The van der Waals surface area contributed by atoms with Gasteiger partial charge in [0, 0.05) is 36.3 Å². The highest BCUT2D eigenvalue weighted by Gasteiger charge is 2.34. The molecule has 5 nitrogen and oxygen atoms in total. The molecule has 5 heterocycles. The summed E-state index contributed by atoms with van der Waals surface area (Å²) in [6, 6.07) is 6.85. The molecule has 2 aliphatic rings. The average Bonchev–Trinajstić information content (AvgIpc) is 3.16. The van der Waals surface area contributed by atoms with E-state index in [0.717, 1.165) is 23.5 Å². The van der Waals surface area contributed by atoms with Gasteiger partial charge in [-0.25, -0.2) is 9.50 Å². The second kappa shape index (κ2) is 3.70. The zero-order valence-electron chi connectivity index (χ0n) is 10.9. The summed E-state index contributed by atoms with van der Waals surface area (Å²) in [7, 11) is 0. The molecule has 100 valence electrons. The third-order valence-corrected chi connectivity index (χ3v) is 4.44. The number of nitrogens with one attached hydrogen (secondary N) is 1. The summed E-state index contributed by atoms with van der Waals surface area (Å²) in [5.41, 5.74) is 4.36. The van der Waals surface area contributed by atoms with Gasteiger partial charge in [0.2, 0.25) is 0 Å². The average molecular weight is 266 g/mol. The molecule has 2 bridgehead atoms. The van der Waals surface area contributed by atoms with Crippen LogP contribution in [0.2, 0.25) is 0 Å². The van der Waals surface area contributed by atoms with E-state index in [-0.39, 0.29) is 0 Å². The number of nitrogens with zero attached hydrogens (tertiary/aromatic N) is 3. The summed E-state index contributed by atoms with van der Waals surface area (Å²) in [4.78, 5) is 4.56. The molecule has 5 heteroatoms. The van der Waals surface area contributed by atoms with Crippen LogP contribution in [0.3, 0.4) is 0 Å². The van der Waals surface area contributed by atoms with E-state index in [1.54, 1.807) is 6.26 Å². The second-order valence-electron chi connectivity index (χ2n) is 5.63. The molecule has 0 spiro atoms. The number of aromatic nitrogens is 3. The second-order valence-corrected chi connectivity index (χ2v) is 5.63. The van der Waals surface area contributed by atoms with Crippen molar-refractivity contribution in [3.8, 4) is 11.5 Å². The van der Waals surface area contributed by atoms with Crippen LogP contribution in [0, 0.1) is 0 Å². The molecule has 20 heavy (non-hydrogen) atoms. The molecule has 5 rings (SSSR count). The summed E-state index contributed by atoms with van der Waals surface area (Å²) >= 11 is 0. The summed E-state index contributed by atoms with van der Waals surface area (Å²) in [6.45, 7) is 0. The van der Waals surface area contributed by atoms with Crippen molar-refractivity contribution < 1.29 is 4.42 Å². The van der Waals surface area contributed by atoms with Gasteiger partial charge in [-0.2, -0.15) is 5.10 Å². The van der Waals surface area contributed by atoms with Crippen LogP contribution in [-0.2, 0) is 6.42 Å². The summed E-state index contributed by atoms with van der Waals surface area (Å²) < 4.78 is 7.43. The van der Waals surface area contributed by atoms with Gasteiger partial charge in [0.25, 0.3) is 0 Å². The van der Waals surface area contributed by atoms with Crippen molar-refractivity contribution in [1.29, 1.82) is 0 Å². The third kappa shape index (κ3) is 1.35. The lowest BCUT2D eigenvalue weighted by Crippen LogP contribution is -2.33. The van der Waals surface area contributed by atoms with Crippen molar-refractivity contribution in [3.05, 3.63) is 41.9 Å². The highest BCUT2D eigenvalue weighted by atomic mass is 16.3. The first-order chi connectivity index (χ1) is 9.88. The SMILES string of the molecule is c1coc(-c2cc3ncc4c(n3n2)C[C@H]2CC[C@H]4N2)c1. The Hall–Kier alpha value is -2.14. The van der Waals surface area contributed by atoms with E-state index in [1.165, 1.54) is 24.1 Å². The monoisotopic (exact) mass is 266 g/mol. The molecule has 0 saturated carbocycles. The molecule has 1 fully saturated rings. The molecule has 0 aromatic carbocycles. The first kappa shape index (κ1) is 10.6. The Morgan fingerprint density at radius 1 is 1.35 bits per heavy atom. The zero-order chi connectivity index (χ0) is 13.1. The van der Waals surface area contributed by atoms with Gasteiger partial charge in [-0.05, 0) is 25.0 Å². The number of hydrogen-bond acceptors (Lipinski definition) is 4. The van der Waals surface area contributed by atoms with Crippen LogP contribution in [0.1, 0.15) is 30.1 Å².